The first kappa shape index (κ1) is 14.5. The second-order valence-corrected chi connectivity index (χ2v) is 4.83. The second kappa shape index (κ2) is 6.51. The molecule has 1 aromatic carbocycles. The molecule has 106 valence electrons. The van der Waals surface area contributed by atoms with Crippen molar-refractivity contribution in [3.05, 3.63) is 28.2 Å². The highest BCUT2D eigenvalue weighted by Gasteiger charge is 2.10. The van der Waals surface area contributed by atoms with Gasteiger partial charge in [0.15, 0.2) is 0 Å². The Bertz CT molecular complexity index is 607. The molecule has 1 aromatic heterocycles. The Hall–Kier alpha value is -1.89. The molecular weight excluding hydrogens is 324 g/mol. The van der Waals surface area contributed by atoms with Crippen LogP contribution in [0.25, 0.3) is 0 Å². The third-order valence-corrected chi connectivity index (χ3v) is 2.94. The van der Waals surface area contributed by atoms with Crippen LogP contribution in [-0.4, -0.2) is 28.6 Å². The highest BCUT2D eigenvalue weighted by molar-refractivity contribution is 9.10. The van der Waals surface area contributed by atoms with Gasteiger partial charge in [-0.2, -0.15) is 9.97 Å². The van der Waals surface area contributed by atoms with E-state index >= 15 is 0 Å². The number of nitrogens with one attached hydrogen (secondary N) is 1. The lowest BCUT2D eigenvalue weighted by molar-refractivity contribution is 0.303. The second-order valence-electron chi connectivity index (χ2n) is 3.92. The van der Waals surface area contributed by atoms with E-state index < -0.39 is 0 Å². The molecule has 0 saturated carbocycles. The summed E-state index contributed by atoms with van der Waals surface area (Å²) in [6.07, 6.45) is 0. The molecule has 2 aromatic rings. The molecule has 0 unspecified atom stereocenters. The van der Waals surface area contributed by atoms with Crippen LogP contribution < -0.4 is 14.8 Å². The van der Waals surface area contributed by atoms with Crippen LogP contribution in [0.4, 0.5) is 5.95 Å². The maximum absolute atomic E-state index is 5.71. The summed E-state index contributed by atoms with van der Waals surface area (Å²) in [7, 11) is 1.72. The fourth-order valence-electron chi connectivity index (χ4n) is 1.47. The molecule has 0 spiro atoms. The number of nitrogens with zero attached hydrogens (tertiary/aromatic N) is 3. The quantitative estimate of drug-likeness (QED) is 0.902. The molecule has 0 amide bonds. The molecule has 6 nitrogen and oxygen atoms in total. The lowest BCUT2D eigenvalue weighted by atomic mass is 10.2. The lowest BCUT2D eigenvalue weighted by Crippen LogP contribution is -2.05. The highest BCUT2D eigenvalue weighted by atomic mass is 79.9. The first-order valence-corrected chi connectivity index (χ1v) is 6.92. The van der Waals surface area contributed by atoms with E-state index in [9.17, 15) is 0 Å². The monoisotopic (exact) mass is 338 g/mol. The van der Waals surface area contributed by atoms with Crippen LogP contribution in [0.3, 0.4) is 0 Å². The van der Waals surface area contributed by atoms with Crippen LogP contribution >= 0.6 is 15.9 Å². The minimum atomic E-state index is 0.189. The summed E-state index contributed by atoms with van der Waals surface area (Å²) in [5.74, 6) is 1.07. The van der Waals surface area contributed by atoms with Gasteiger partial charge in [0, 0.05) is 11.5 Å². The van der Waals surface area contributed by atoms with Gasteiger partial charge in [0.1, 0.15) is 5.75 Å². The Morgan fingerprint density at radius 1 is 1.20 bits per heavy atom. The van der Waals surface area contributed by atoms with Gasteiger partial charge in [0.2, 0.25) is 5.95 Å². The molecule has 1 N–H and O–H groups in total. The highest BCUT2D eigenvalue weighted by Crippen LogP contribution is 2.27. The smallest absolute Gasteiger partial charge is 0.330 e. The SMILES string of the molecule is CCOc1nc(NC)nc(Oc2cc(Br)ccc2C)n1. The van der Waals surface area contributed by atoms with Gasteiger partial charge < -0.3 is 14.8 Å². The van der Waals surface area contributed by atoms with Crippen molar-refractivity contribution in [3.63, 3.8) is 0 Å². The zero-order valence-electron chi connectivity index (χ0n) is 11.5. The number of aromatic nitrogens is 3. The topological polar surface area (TPSA) is 69.2 Å². The fraction of sp³-hybridized carbons (Fsp3) is 0.308. The molecule has 0 radical (unpaired) electrons. The Balaban J connectivity index is 2.32. The maximum Gasteiger partial charge on any atom is 0.330 e. The Labute approximate surface area is 125 Å². The summed E-state index contributed by atoms with van der Waals surface area (Å²) in [6.45, 7) is 4.29. The van der Waals surface area contributed by atoms with Crippen LogP contribution in [0.1, 0.15) is 12.5 Å². The summed E-state index contributed by atoms with van der Waals surface area (Å²) in [5.41, 5.74) is 0.984. The zero-order valence-corrected chi connectivity index (χ0v) is 13.1. The fourth-order valence-corrected chi connectivity index (χ4v) is 1.81. The number of anilines is 1. The summed E-state index contributed by atoms with van der Waals surface area (Å²) in [6, 6.07) is 6.17. The number of rotatable bonds is 5. The van der Waals surface area contributed by atoms with Gasteiger partial charge >= 0.3 is 12.0 Å². The van der Waals surface area contributed by atoms with Crippen molar-refractivity contribution in [2.75, 3.05) is 19.0 Å². The van der Waals surface area contributed by atoms with Crippen molar-refractivity contribution in [2.45, 2.75) is 13.8 Å². The number of benzene rings is 1. The van der Waals surface area contributed by atoms with Crippen LogP contribution in [0, 0.1) is 6.92 Å². The van der Waals surface area contributed by atoms with E-state index in [0.29, 0.717) is 18.3 Å². The van der Waals surface area contributed by atoms with Gasteiger partial charge in [-0.25, -0.2) is 0 Å². The number of halogens is 1. The van der Waals surface area contributed by atoms with Gasteiger partial charge in [-0.1, -0.05) is 22.0 Å². The summed E-state index contributed by atoms with van der Waals surface area (Å²) < 4.78 is 11.9. The van der Waals surface area contributed by atoms with Crippen molar-refractivity contribution >= 4 is 21.9 Å². The van der Waals surface area contributed by atoms with Crippen LogP contribution in [0.15, 0.2) is 22.7 Å². The van der Waals surface area contributed by atoms with Crippen molar-refractivity contribution in [2.24, 2.45) is 0 Å². The van der Waals surface area contributed by atoms with Gasteiger partial charge in [-0.15, -0.1) is 4.98 Å². The van der Waals surface area contributed by atoms with Gasteiger partial charge in [0.25, 0.3) is 0 Å². The first-order chi connectivity index (χ1) is 9.62. The van der Waals surface area contributed by atoms with E-state index in [1.165, 1.54) is 0 Å². The van der Waals surface area contributed by atoms with Crippen LogP contribution in [0.5, 0.6) is 17.8 Å². The van der Waals surface area contributed by atoms with Crippen LogP contribution in [-0.2, 0) is 0 Å². The third kappa shape index (κ3) is 3.57. The zero-order chi connectivity index (χ0) is 14.5. The van der Waals surface area contributed by atoms with E-state index in [1.54, 1.807) is 7.05 Å². The van der Waals surface area contributed by atoms with E-state index in [4.69, 9.17) is 9.47 Å². The maximum atomic E-state index is 5.71. The molecular formula is C13H15BrN4O2. The Kier molecular flexibility index (Phi) is 4.73. The number of ether oxygens (including phenoxy) is 2. The van der Waals surface area contributed by atoms with Crippen molar-refractivity contribution in [3.8, 4) is 17.8 Å². The van der Waals surface area contributed by atoms with E-state index in [0.717, 1.165) is 10.0 Å². The predicted molar refractivity (Wildman–Crippen MR) is 79.5 cm³/mol. The Morgan fingerprint density at radius 3 is 2.65 bits per heavy atom. The van der Waals surface area contributed by atoms with Crippen molar-refractivity contribution < 1.29 is 9.47 Å². The molecule has 20 heavy (non-hydrogen) atoms. The van der Waals surface area contributed by atoms with E-state index in [-0.39, 0.29) is 12.0 Å². The molecule has 0 bridgehead atoms. The molecule has 7 heteroatoms. The molecule has 1 heterocycles. The summed E-state index contributed by atoms with van der Waals surface area (Å²) >= 11 is 3.41. The molecule has 0 atom stereocenters. The van der Waals surface area contributed by atoms with E-state index in [2.05, 4.69) is 36.2 Å². The molecule has 0 saturated heterocycles. The third-order valence-electron chi connectivity index (χ3n) is 2.44. The van der Waals surface area contributed by atoms with Crippen molar-refractivity contribution in [1.82, 2.24) is 15.0 Å². The standard InChI is InChI=1S/C13H15BrN4O2/c1-4-19-12-16-11(15-3)17-13(18-12)20-10-7-9(14)6-5-8(10)2/h5-7H,4H2,1-3H3,(H,15,16,17,18). The first-order valence-electron chi connectivity index (χ1n) is 6.13. The molecule has 0 aliphatic carbocycles. The minimum absolute atomic E-state index is 0.189. The molecule has 0 fully saturated rings. The van der Waals surface area contributed by atoms with Gasteiger partial charge in [-0.3, -0.25) is 0 Å². The summed E-state index contributed by atoms with van der Waals surface area (Å²) in [4.78, 5) is 12.3. The Morgan fingerprint density at radius 2 is 1.95 bits per heavy atom. The number of hydrogen-bond donors (Lipinski definition) is 1. The predicted octanol–water partition coefficient (Wildman–Crippen LogP) is 3.18. The lowest BCUT2D eigenvalue weighted by Gasteiger charge is -2.09. The summed E-state index contributed by atoms with van der Waals surface area (Å²) in [5, 5.41) is 2.85. The molecule has 0 aliphatic heterocycles. The minimum Gasteiger partial charge on any atom is -0.464 e. The van der Waals surface area contributed by atoms with E-state index in [1.807, 2.05) is 32.0 Å². The number of aryl methyl sites for hydroxylation is 1. The van der Waals surface area contributed by atoms with Gasteiger partial charge in [-0.05, 0) is 31.5 Å². The number of hydrogen-bond acceptors (Lipinski definition) is 6. The largest absolute Gasteiger partial charge is 0.464 e. The van der Waals surface area contributed by atoms with Crippen molar-refractivity contribution in [1.29, 1.82) is 0 Å². The molecule has 0 aliphatic rings. The molecule has 2 rings (SSSR count). The van der Waals surface area contributed by atoms with Crippen LogP contribution in [0.2, 0.25) is 0 Å². The van der Waals surface area contributed by atoms with Gasteiger partial charge in [0.05, 0.1) is 6.61 Å². The normalized spacial score (nSPS) is 10.2. The average Bonchev–Trinajstić information content (AvgIpc) is 2.43. The average molecular weight is 339 g/mol.